The van der Waals surface area contributed by atoms with Gasteiger partial charge in [-0.1, -0.05) is 6.07 Å². The Morgan fingerprint density at radius 2 is 1.64 bits per heavy atom. The molecule has 0 unspecified atom stereocenters. The predicted octanol–water partition coefficient (Wildman–Crippen LogP) is 2.36. The highest BCUT2D eigenvalue weighted by molar-refractivity contribution is 5.94. The maximum absolute atomic E-state index is 12.7. The van der Waals surface area contributed by atoms with Gasteiger partial charge in [-0.15, -0.1) is 0 Å². The second kappa shape index (κ2) is 6.93. The monoisotopic (exact) mass is 339 g/mol. The molecule has 0 atom stereocenters. The molecular formula is C19H21N3O3. The largest absolute Gasteiger partial charge is 0.478 e. The smallest absolute Gasteiger partial charge is 0.337 e. The van der Waals surface area contributed by atoms with Gasteiger partial charge in [-0.25, -0.2) is 9.78 Å². The van der Waals surface area contributed by atoms with Crippen LogP contribution in [-0.2, 0) is 0 Å². The first-order chi connectivity index (χ1) is 12.0. The van der Waals surface area contributed by atoms with Crippen molar-refractivity contribution in [3.05, 3.63) is 58.8 Å². The second-order valence-corrected chi connectivity index (χ2v) is 6.29. The van der Waals surface area contributed by atoms with Gasteiger partial charge in [-0.3, -0.25) is 4.79 Å². The highest BCUT2D eigenvalue weighted by atomic mass is 16.4. The van der Waals surface area contributed by atoms with Crippen LogP contribution in [0.1, 0.15) is 31.8 Å². The maximum Gasteiger partial charge on any atom is 0.337 e. The molecule has 3 rings (SSSR count). The molecule has 2 heterocycles. The Morgan fingerprint density at radius 1 is 0.960 bits per heavy atom. The van der Waals surface area contributed by atoms with E-state index in [2.05, 4.69) is 9.88 Å². The highest BCUT2D eigenvalue weighted by Crippen LogP contribution is 2.17. The Balaban J connectivity index is 1.64. The molecule has 2 aromatic rings. The fourth-order valence-corrected chi connectivity index (χ4v) is 2.90. The van der Waals surface area contributed by atoms with Gasteiger partial charge in [0.1, 0.15) is 5.82 Å². The maximum atomic E-state index is 12.7. The van der Waals surface area contributed by atoms with Crippen molar-refractivity contribution in [3.8, 4) is 0 Å². The normalized spacial score (nSPS) is 14.5. The van der Waals surface area contributed by atoms with Crippen LogP contribution in [0.3, 0.4) is 0 Å². The van der Waals surface area contributed by atoms with Gasteiger partial charge in [0, 0.05) is 37.9 Å². The second-order valence-electron chi connectivity index (χ2n) is 6.29. The molecule has 1 aliphatic heterocycles. The minimum absolute atomic E-state index is 0.0527. The summed E-state index contributed by atoms with van der Waals surface area (Å²) in [6.45, 7) is 6.63. The van der Waals surface area contributed by atoms with Crippen molar-refractivity contribution in [1.29, 1.82) is 0 Å². The third-order valence-corrected chi connectivity index (χ3v) is 4.64. The number of piperazine rings is 1. The lowest BCUT2D eigenvalue weighted by molar-refractivity contribution is 0.0694. The molecule has 0 spiro atoms. The lowest BCUT2D eigenvalue weighted by atomic mass is 10.1. The molecule has 1 fully saturated rings. The van der Waals surface area contributed by atoms with Crippen molar-refractivity contribution in [1.82, 2.24) is 9.88 Å². The van der Waals surface area contributed by atoms with E-state index < -0.39 is 5.97 Å². The van der Waals surface area contributed by atoms with E-state index in [1.165, 1.54) is 11.8 Å². The topological polar surface area (TPSA) is 73.7 Å². The number of pyridine rings is 1. The van der Waals surface area contributed by atoms with Crippen molar-refractivity contribution >= 4 is 17.7 Å². The van der Waals surface area contributed by atoms with Crippen LogP contribution in [0.25, 0.3) is 0 Å². The molecule has 1 aliphatic rings. The average molecular weight is 339 g/mol. The van der Waals surface area contributed by atoms with Crippen LogP contribution in [0, 0.1) is 13.8 Å². The third-order valence-electron chi connectivity index (χ3n) is 4.64. The summed E-state index contributed by atoms with van der Waals surface area (Å²) in [5.41, 5.74) is 3.19. The Labute approximate surface area is 146 Å². The van der Waals surface area contributed by atoms with Gasteiger partial charge in [0.05, 0.1) is 5.56 Å². The SMILES string of the molecule is Cc1ccc(C(=O)N2CCN(c3ccc(C(=O)O)cn3)CC2)cc1C. The summed E-state index contributed by atoms with van der Waals surface area (Å²) in [7, 11) is 0. The molecule has 130 valence electrons. The summed E-state index contributed by atoms with van der Waals surface area (Å²) >= 11 is 0. The number of hydrogen-bond donors (Lipinski definition) is 1. The number of carbonyl (C=O) groups excluding carboxylic acids is 1. The number of benzene rings is 1. The number of rotatable bonds is 3. The molecule has 0 saturated carbocycles. The first-order valence-corrected chi connectivity index (χ1v) is 8.26. The van der Waals surface area contributed by atoms with E-state index >= 15 is 0 Å². The molecular weight excluding hydrogens is 318 g/mol. The van der Waals surface area contributed by atoms with Crippen LogP contribution in [-0.4, -0.2) is 53.0 Å². The molecule has 0 radical (unpaired) electrons. The van der Waals surface area contributed by atoms with E-state index in [-0.39, 0.29) is 11.5 Å². The number of hydrogen-bond acceptors (Lipinski definition) is 4. The number of carboxylic acids is 1. The third kappa shape index (κ3) is 3.63. The molecule has 0 bridgehead atoms. The number of aromatic nitrogens is 1. The Hall–Kier alpha value is -2.89. The summed E-state index contributed by atoms with van der Waals surface area (Å²) in [6, 6.07) is 9.06. The van der Waals surface area contributed by atoms with Gasteiger partial charge in [0.2, 0.25) is 0 Å². The summed E-state index contributed by atoms with van der Waals surface area (Å²) < 4.78 is 0. The van der Waals surface area contributed by atoms with Crippen LogP contribution >= 0.6 is 0 Å². The Bertz CT molecular complexity index is 794. The lowest BCUT2D eigenvalue weighted by Crippen LogP contribution is -2.49. The fraction of sp³-hybridized carbons (Fsp3) is 0.316. The van der Waals surface area contributed by atoms with Crippen molar-refractivity contribution in [3.63, 3.8) is 0 Å². The van der Waals surface area contributed by atoms with E-state index in [0.717, 1.165) is 16.9 Å². The minimum Gasteiger partial charge on any atom is -0.478 e. The predicted molar refractivity (Wildman–Crippen MR) is 95.2 cm³/mol. The average Bonchev–Trinajstić information content (AvgIpc) is 2.63. The number of aryl methyl sites for hydroxylation is 2. The number of carboxylic acid groups (broad SMARTS) is 1. The molecule has 1 amide bonds. The van der Waals surface area contributed by atoms with Crippen molar-refractivity contribution in [2.75, 3.05) is 31.1 Å². The molecule has 6 heteroatoms. The van der Waals surface area contributed by atoms with E-state index in [4.69, 9.17) is 5.11 Å². The molecule has 0 aliphatic carbocycles. The van der Waals surface area contributed by atoms with Crippen molar-refractivity contribution in [2.45, 2.75) is 13.8 Å². The zero-order chi connectivity index (χ0) is 18.0. The first kappa shape index (κ1) is 17.0. The Morgan fingerprint density at radius 3 is 2.20 bits per heavy atom. The van der Waals surface area contributed by atoms with Crippen LogP contribution in [0.2, 0.25) is 0 Å². The zero-order valence-electron chi connectivity index (χ0n) is 14.4. The van der Waals surface area contributed by atoms with E-state index in [1.54, 1.807) is 12.1 Å². The van der Waals surface area contributed by atoms with Gasteiger partial charge in [-0.2, -0.15) is 0 Å². The van der Waals surface area contributed by atoms with Crippen LogP contribution in [0.5, 0.6) is 0 Å². The van der Waals surface area contributed by atoms with Crippen molar-refractivity contribution < 1.29 is 14.7 Å². The number of aromatic carboxylic acids is 1. The molecule has 1 aromatic carbocycles. The van der Waals surface area contributed by atoms with Crippen LogP contribution in [0.15, 0.2) is 36.5 Å². The molecule has 6 nitrogen and oxygen atoms in total. The zero-order valence-corrected chi connectivity index (χ0v) is 14.4. The van der Waals surface area contributed by atoms with Gasteiger partial charge in [0.25, 0.3) is 5.91 Å². The number of amides is 1. The van der Waals surface area contributed by atoms with Gasteiger partial charge in [0.15, 0.2) is 0 Å². The summed E-state index contributed by atoms with van der Waals surface area (Å²) in [5, 5.41) is 8.93. The summed E-state index contributed by atoms with van der Waals surface area (Å²) in [4.78, 5) is 31.7. The lowest BCUT2D eigenvalue weighted by Gasteiger charge is -2.35. The quantitative estimate of drug-likeness (QED) is 0.929. The van der Waals surface area contributed by atoms with E-state index in [0.29, 0.717) is 26.2 Å². The van der Waals surface area contributed by atoms with Gasteiger partial charge >= 0.3 is 5.97 Å². The Kier molecular flexibility index (Phi) is 4.70. The summed E-state index contributed by atoms with van der Waals surface area (Å²) in [5.74, 6) is -0.192. The first-order valence-electron chi connectivity index (χ1n) is 8.26. The standard InChI is InChI=1S/C19H21N3O3/c1-13-3-4-15(11-14(13)2)18(23)22-9-7-21(8-10-22)17-6-5-16(12-20-17)19(24)25/h3-6,11-12H,7-10H2,1-2H3,(H,24,25). The fourth-order valence-electron chi connectivity index (χ4n) is 2.90. The van der Waals surface area contributed by atoms with E-state index in [1.807, 2.05) is 36.9 Å². The molecule has 25 heavy (non-hydrogen) atoms. The van der Waals surface area contributed by atoms with Gasteiger partial charge < -0.3 is 14.9 Å². The van der Waals surface area contributed by atoms with Crippen LogP contribution in [0.4, 0.5) is 5.82 Å². The van der Waals surface area contributed by atoms with E-state index in [9.17, 15) is 9.59 Å². The number of anilines is 1. The highest BCUT2D eigenvalue weighted by Gasteiger charge is 2.23. The molecule has 1 aromatic heterocycles. The molecule has 1 N–H and O–H groups in total. The number of nitrogens with zero attached hydrogens (tertiary/aromatic N) is 3. The molecule has 1 saturated heterocycles. The van der Waals surface area contributed by atoms with Crippen molar-refractivity contribution in [2.24, 2.45) is 0 Å². The minimum atomic E-state index is -0.983. The van der Waals surface area contributed by atoms with Crippen LogP contribution < -0.4 is 4.90 Å². The summed E-state index contributed by atoms with van der Waals surface area (Å²) in [6.07, 6.45) is 1.37. The number of carbonyl (C=O) groups is 2. The van der Waals surface area contributed by atoms with Gasteiger partial charge in [-0.05, 0) is 49.2 Å².